The molecular formula is C17H21N3O3S2. The molecule has 2 heterocycles. The first-order valence-electron chi connectivity index (χ1n) is 8.26. The Hall–Kier alpha value is -1.77. The Kier molecular flexibility index (Phi) is 5.51. The van der Waals surface area contributed by atoms with Gasteiger partial charge in [0.15, 0.2) is 10.9 Å². The van der Waals surface area contributed by atoms with E-state index in [1.807, 2.05) is 5.38 Å². The number of hydrogen-bond donors (Lipinski definition) is 1. The van der Waals surface area contributed by atoms with E-state index in [0.717, 1.165) is 23.9 Å². The van der Waals surface area contributed by atoms with Crippen LogP contribution in [0.2, 0.25) is 0 Å². The maximum Gasteiger partial charge on any atom is 0.240 e. The van der Waals surface area contributed by atoms with E-state index in [1.165, 1.54) is 44.0 Å². The fourth-order valence-corrected chi connectivity index (χ4v) is 4.68. The summed E-state index contributed by atoms with van der Waals surface area (Å²) >= 11 is 1.61. The lowest BCUT2D eigenvalue weighted by Gasteiger charge is -2.12. The van der Waals surface area contributed by atoms with Crippen LogP contribution >= 0.6 is 11.3 Å². The van der Waals surface area contributed by atoms with Crippen LogP contribution in [0.25, 0.3) is 0 Å². The maximum atomic E-state index is 12.3. The number of nitrogens with one attached hydrogen (secondary N) is 1. The van der Waals surface area contributed by atoms with E-state index in [1.54, 1.807) is 11.3 Å². The molecule has 1 saturated heterocycles. The van der Waals surface area contributed by atoms with Crippen LogP contribution in [0, 0.1) is 0 Å². The molecule has 3 rings (SSSR count). The van der Waals surface area contributed by atoms with Gasteiger partial charge < -0.3 is 4.90 Å². The van der Waals surface area contributed by atoms with Crippen LogP contribution in [-0.2, 0) is 16.4 Å². The minimum atomic E-state index is -3.58. The minimum absolute atomic E-state index is 0.0887. The van der Waals surface area contributed by atoms with Crippen LogP contribution in [0.15, 0.2) is 34.5 Å². The summed E-state index contributed by atoms with van der Waals surface area (Å²) in [6, 6.07) is 5.96. The van der Waals surface area contributed by atoms with Gasteiger partial charge in [0, 0.05) is 37.0 Å². The largest absolute Gasteiger partial charge is 0.348 e. The number of sulfonamides is 1. The van der Waals surface area contributed by atoms with E-state index in [4.69, 9.17) is 0 Å². The molecule has 0 saturated carbocycles. The number of thiazole rings is 1. The summed E-state index contributed by atoms with van der Waals surface area (Å²) in [4.78, 5) is 18.3. The van der Waals surface area contributed by atoms with Crippen LogP contribution < -0.4 is 9.62 Å². The number of benzene rings is 1. The Morgan fingerprint density at radius 1 is 1.24 bits per heavy atom. The van der Waals surface area contributed by atoms with Gasteiger partial charge in [0.2, 0.25) is 10.0 Å². The minimum Gasteiger partial charge on any atom is -0.348 e. The molecule has 8 heteroatoms. The lowest BCUT2D eigenvalue weighted by atomic mass is 10.2. The predicted octanol–water partition coefficient (Wildman–Crippen LogP) is 2.47. The molecule has 0 spiro atoms. The van der Waals surface area contributed by atoms with Gasteiger partial charge in [-0.1, -0.05) is 12.1 Å². The normalized spacial score (nSPS) is 14.8. The summed E-state index contributed by atoms with van der Waals surface area (Å²) in [5, 5.41) is 3.01. The number of aromatic nitrogens is 1. The molecule has 1 N–H and O–H groups in total. The number of ketones is 1. The van der Waals surface area contributed by atoms with Gasteiger partial charge in [0.1, 0.15) is 0 Å². The molecule has 1 aromatic heterocycles. The van der Waals surface area contributed by atoms with Crippen molar-refractivity contribution >= 4 is 32.3 Å². The number of carbonyl (C=O) groups is 1. The van der Waals surface area contributed by atoms with Crippen molar-refractivity contribution in [2.45, 2.75) is 31.1 Å². The zero-order valence-corrected chi connectivity index (χ0v) is 15.7. The van der Waals surface area contributed by atoms with Crippen molar-refractivity contribution in [1.29, 1.82) is 0 Å². The third-order valence-corrected chi connectivity index (χ3v) is 6.59. The monoisotopic (exact) mass is 379 g/mol. The summed E-state index contributed by atoms with van der Waals surface area (Å²) < 4.78 is 27.2. The van der Waals surface area contributed by atoms with Gasteiger partial charge in [-0.25, -0.2) is 18.1 Å². The topological polar surface area (TPSA) is 79.4 Å². The zero-order valence-electron chi connectivity index (χ0n) is 14.1. The molecule has 0 unspecified atom stereocenters. The Balaban J connectivity index is 1.56. The molecule has 0 bridgehead atoms. The zero-order chi connectivity index (χ0) is 17.9. The molecule has 6 nitrogen and oxygen atoms in total. The van der Waals surface area contributed by atoms with Crippen molar-refractivity contribution in [2.75, 3.05) is 24.5 Å². The summed E-state index contributed by atoms with van der Waals surface area (Å²) in [7, 11) is -3.58. The van der Waals surface area contributed by atoms with Crippen LogP contribution in [0.3, 0.4) is 0 Å². The smallest absolute Gasteiger partial charge is 0.240 e. The Morgan fingerprint density at radius 3 is 2.56 bits per heavy atom. The van der Waals surface area contributed by atoms with E-state index in [9.17, 15) is 13.2 Å². The quantitative estimate of drug-likeness (QED) is 0.748. The lowest BCUT2D eigenvalue weighted by molar-refractivity contribution is 0.101. The maximum absolute atomic E-state index is 12.3. The molecule has 1 aromatic carbocycles. The third kappa shape index (κ3) is 4.45. The molecule has 0 amide bonds. The average molecular weight is 380 g/mol. The first-order valence-corrected chi connectivity index (χ1v) is 10.6. The molecule has 2 aromatic rings. The summed E-state index contributed by atoms with van der Waals surface area (Å²) in [6.07, 6.45) is 2.96. The van der Waals surface area contributed by atoms with Gasteiger partial charge in [-0.3, -0.25) is 4.79 Å². The highest BCUT2D eigenvalue weighted by Gasteiger charge is 2.17. The van der Waals surface area contributed by atoms with E-state index < -0.39 is 10.0 Å². The first kappa shape index (κ1) is 18.0. The fraction of sp³-hybridized carbons (Fsp3) is 0.412. The van der Waals surface area contributed by atoms with Gasteiger partial charge in [0.05, 0.1) is 10.6 Å². The van der Waals surface area contributed by atoms with Crippen molar-refractivity contribution in [3.8, 4) is 0 Å². The number of anilines is 1. The predicted molar refractivity (Wildman–Crippen MR) is 98.9 cm³/mol. The molecule has 0 aliphatic carbocycles. The molecule has 1 aliphatic rings. The van der Waals surface area contributed by atoms with Gasteiger partial charge in [-0.05, 0) is 31.9 Å². The lowest BCUT2D eigenvalue weighted by Crippen LogP contribution is -2.26. The molecule has 0 radical (unpaired) electrons. The second-order valence-corrected chi connectivity index (χ2v) is 8.65. The summed E-state index contributed by atoms with van der Waals surface area (Å²) in [5.41, 5.74) is 1.40. The highest BCUT2D eigenvalue weighted by atomic mass is 32.2. The van der Waals surface area contributed by atoms with E-state index >= 15 is 0 Å². The highest BCUT2D eigenvalue weighted by molar-refractivity contribution is 7.89. The van der Waals surface area contributed by atoms with E-state index in [0.29, 0.717) is 18.5 Å². The molecule has 1 aliphatic heterocycles. The summed E-state index contributed by atoms with van der Waals surface area (Å²) in [6.45, 7) is 3.84. The van der Waals surface area contributed by atoms with Gasteiger partial charge in [-0.15, -0.1) is 11.3 Å². The standard InChI is InChI=1S/C17H21N3O3S2/c1-13(21)14-4-6-16(7-5-14)25(22,23)18-9-8-15-12-24-17(19-15)20-10-2-3-11-20/h4-7,12,18H,2-3,8-11H2,1H3. The molecule has 0 atom stereocenters. The number of carbonyl (C=O) groups excluding carboxylic acids is 1. The molecule has 1 fully saturated rings. The fourth-order valence-electron chi connectivity index (χ4n) is 2.73. The van der Waals surface area contributed by atoms with Crippen LogP contribution in [0.1, 0.15) is 35.8 Å². The van der Waals surface area contributed by atoms with E-state index in [-0.39, 0.29) is 10.7 Å². The number of Topliss-reactive ketones (excluding diaryl/α,β-unsaturated/α-hetero) is 1. The number of rotatable bonds is 7. The Morgan fingerprint density at radius 2 is 1.92 bits per heavy atom. The molecule has 25 heavy (non-hydrogen) atoms. The average Bonchev–Trinajstić information content (AvgIpc) is 3.26. The number of nitrogens with zero attached hydrogens (tertiary/aromatic N) is 2. The van der Waals surface area contributed by atoms with E-state index in [2.05, 4.69) is 14.6 Å². The third-order valence-electron chi connectivity index (χ3n) is 4.16. The van der Waals surface area contributed by atoms with Crippen molar-refractivity contribution in [1.82, 2.24) is 9.71 Å². The van der Waals surface area contributed by atoms with Gasteiger partial charge >= 0.3 is 0 Å². The molecular weight excluding hydrogens is 358 g/mol. The van der Waals surface area contributed by atoms with Crippen LogP contribution in [0.4, 0.5) is 5.13 Å². The molecule has 134 valence electrons. The first-order chi connectivity index (χ1) is 12.0. The van der Waals surface area contributed by atoms with Crippen molar-refractivity contribution in [2.24, 2.45) is 0 Å². The highest BCUT2D eigenvalue weighted by Crippen LogP contribution is 2.24. The van der Waals surface area contributed by atoms with Crippen molar-refractivity contribution in [3.63, 3.8) is 0 Å². The summed E-state index contributed by atoms with van der Waals surface area (Å²) in [5.74, 6) is -0.0887. The van der Waals surface area contributed by atoms with Crippen molar-refractivity contribution < 1.29 is 13.2 Å². The Labute approximate surface area is 151 Å². The van der Waals surface area contributed by atoms with Crippen LogP contribution in [-0.4, -0.2) is 38.8 Å². The SMILES string of the molecule is CC(=O)c1ccc(S(=O)(=O)NCCc2csc(N3CCCC3)n2)cc1. The van der Waals surface area contributed by atoms with Gasteiger partial charge in [0.25, 0.3) is 0 Å². The van der Waals surface area contributed by atoms with Crippen LogP contribution in [0.5, 0.6) is 0 Å². The number of hydrogen-bond acceptors (Lipinski definition) is 6. The second kappa shape index (κ2) is 7.63. The second-order valence-electron chi connectivity index (χ2n) is 6.04. The van der Waals surface area contributed by atoms with Crippen molar-refractivity contribution in [3.05, 3.63) is 40.9 Å². The van der Waals surface area contributed by atoms with Gasteiger partial charge in [-0.2, -0.15) is 0 Å². The Bertz CT molecular complexity index is 838.